The number of rotatable bonds is 6. The van der Waals surface area contributed by atoms with Crippen molar-refractivity contribution in [2.75, 3.05) is 26.3 Å². The normalized spacial score (nSPS) is 17.4. The minimum Gasteiger partial charge on any atom is -0.461 e. The molecule has 1 amide bonds. The van der Waals surface area contributed by atoms with Crippen LogP contribution < -0.4 is 11.0 Å². The van der Waals surface area contributed by atoms with E-state index in [1.165, 1.54) is 25.4 Å². The van der Waals surface area contributed by atoms with Crippen molar-refractivity contribution in [2.45, 2.75) is 52.1 Å². The first-order valence-corrected chi connectivity index (χ1v) is 15.7. The molecule has 48 heavy (non-hydrogen) atoms. The van der Waals surface area contributed by atoms with E-state index in [9.17, 15) is 14.4 Å². The minimum atomic E-state index is -0.630. The van der Waals surface area contributed by atoms with E-state index < -0.39 is 17.3 Å². The Labute approximate surface area is 276 Å². The predicted octanol–water partition coefficient (Wildman–Crippen LogP) is 4.55. The second kappa shape index (κ2) is 13.4. The van der Waals surface area contributed by atoms with Crippen LogP contribution in [-0.2, 0) is 26.3 Å². The predicted molar refractivity (Wildman–Crippen MR) is 179 cm³/mol. The van der Waals surface area contributed by atoms with Gasteiger partial charge < -0.3 is 14.4 Å². The molecule has 12 nitrogen and oxygen atoms in total. The molecule has 0 spiro atoms. The van der Waals surface area contributed by atoms with Gasteiger partial charge in [0.05, 0.1) is 36.0 Å². The largest absolute Gasteiger partial charge is 0.461 e. The summed E-state index contributed by atoms with van der Waals surface area (Å²) in [6.45, 7) is 9.15. The molecule has 0 bridgehead atoms. The lowest BCUT2D eigenvalue weighted by atomic mass is 9.86. The smallest absolute Gasteiger partial charge is 0.302 e. The van der Waals surface area contributed by atoms with Crippen LogP contribution >= 0.6 is 0 Å². The summed E-state index contributed by atoms with van der Waals surface area (Å²) in [5, 5.41) is 9.05. The fourth-order valence-electron chi connectivity index (χ4n) is 5.74. The van der Waals surface area contributed by atoms with Crippen molar-refractivity contribution in [3.05, 3.63) is 93.3 Å². The number of halogens is 1. The number of amidine groups is 1. The van der Waals surface area contributed by atoms with Crippen LogP contribution in [0.15, 0.2) is 69.7 Å². The Kier molecular flexibility index (Phi) is 9.13. The van der Waals surface area contributed by atoms with Gasteiger partial charge in [-0.05, 0) is 46.9 Å². The second-order valence-electron chi connectivity index (χ2n) is 12.7. The Morgan fingerprint density at radius 1 is 1.12 bits per heavy atom. The number of hydrogen-bond acceptors (Lipinski definition) is 9. The van der Waals surface area contributed by atoms with Crippen LogP contribution in [0.4, 0.5) is 10.2 Å². The highest BCUT2D eigenvalue weighted by Crippen LogP contribution is 2.31. The maximum Gasteiger partial charge on any atom is 0.302 e. The van der Waals surface area contributed by atoms with E-state index in [1.54, 1.807) is 41.4 Å². The van der Waals surface area contributed by atoms with Crippen LogP contribution in [0, 0.1) is 5.82 Å². The number of fused-ring (bicyclic) bond motifs is 1. The monoisotopic (exact) mass is 653 g/mol. The summed E-state index contributed by atoms with van der Waals surface area (Å²) in [5.41, 5.74) is 4.78. The summed E-state index contributed by atoms with van der Waals surface area (Å²) in [4.78, 5) is 49.2. The van der Waals surface area contributed by atoms with Gasteiger partial charge in [0, 0.05) is 55.7 Å². The molecule has 0 aliphatic carbocycles. The number of morpholine rings is 1. The summed E-state index contributed by atoms with van der Waals surface area (Å²) in [7, 11) is 0. The quantitative estimate of drug-likeness (QED) is 0.299. The molecule has 0 saturated carbocycles. The van der Waals surface area contributed by atoms with Crippen LogP contribution in [0.5, 0.6) is 0 Å². The number of carbonyl (C=O) groups excluding carboxylic acids is 2. The molecule has 1 N–H and O–H groups in total. The summed E-state index contributed by atoms with van der Waals surface area (Å²) in [6, 6.07) is 11.8. The maximum atomic E-state index is 15.5. The summed E-state index contributed by atoms with van der Waals surface area (Å²) < 4.78 is 27.3. The van der Waals surface area contributed by atoms with Crippen LogP contribution in [0.25, 0.3) is 16.5 Å². The molecule has 13 heteroatoms. The molecule has 4 heterocycles. The fourth-order valence-corrected chi connectivity index (χ4v) is 5.74. The van der Waals surface area contributed by atoms with Gasteiger partial charge in [-0.3, -0.25) is 19.8 Å². The summed E-state index contributed by atoms with van der Waals surface area (Å²) in [6.07, 6.45) is 5.06. The topological polar surface area (TPSA) is 140 Å². The number of aliphatic imine (C=N–C) groups is 1. The third-order valence-electron chi connectivity index (χ3n) is 8.34. The number of nitrogens with zero attached hydrogens (tertiary/aromatic N) is 6. The number of amides is 1. The second-order valence-corrected chi connectivity index (χ2v) is 12.7. The standard InChI is InChI=1S/C35H36FN7O5/c1-21(44)48-20-27-26(6-5-7-29(27)43-34(46)32-24(19-39-43)14-25(16-28(32)36)35(2,3)4)23-15-31(41-38-18-23)40-30-9-8-22(17-37-30)33(45)42-10-12-47-13-11-42/h5-9,14,16-19,23H,10-13,15,20H2,1-4H3,(H,37,40,41). The Bertz CT molecular complexity index is 1990. The van der Waals surface area contributed by atoms with E-state index >= 15 is 4.39 Å². The van der Waals surface area contributed by atoms with E-state index in [4.69, 9.17) is 9.47 Å². The number of aromatic nitrogens is 3. The highest BCUT2D eigenvalue weighted by molar-refractivity contribution is 5.95. The van der Waals surface area contributed by atoms with E-state index in [0.29, 0.717) is 66.6 Å². The Hall–Kier alpha value is -5.30. The van der Waals surface area contributed by atoms with Gasteiger partial charge in [0.1, 0.15) is 18.3 Å². The van der Waals surface area contributed by atoms with Gasteiger partial charge in [0.2, 0.25) is 0 Å². The molecule has 2 aromatic heterocycles. The fraction of sp³-hybridized carbons (Fsp3) is 0.343. The lowest BCUT2D eigenvalue weighted by Crippen LogP contribution is -2.40. The molecular formula is C35H36FN7O5. The summed E-state index contributed by atoms with van der Waals surface area (Å²) >= 11 is 0. The van der Waals surface area contributed by atoms with Crippen molar-refractivity contribution >= 4 is 40.5 Å². The summed E-state index contributed by atoms with van der Waals surface area (Å²) in [5.74, 6) is -0.663. The number of ether oxygens (including phenoxy) is 2. The number of esters is 1. The molecule has 1 fully saturated rings. The van der Waals surface area contributed by atoms with Gasteiger partial charge in [-0.1, -0.05) is 32.9 Å². The zero-order valence-corrected chi connectivity index (χ0v) is 27.2. The van der Waals surface area contributed by atoms with Gasteiger partial charge in [0.15, 0.2) is 5.82 Å². The van der Waals surface area contributed by atoms with Gasteiger partial charge in [0.25, 0.3) is 11.5 Å². The number of benzene rings is 2. The molecule has 2 aliphatic heterocycles. The Morgan fingerprint density at radius 3 is 2.62 bits per heavy atom. The molecule has 2 aromatic carbocycles. The molecular weight excluding hydrogens is 617 g/mol. The van der Waals surface area contributed by atoms with E-state index in [-0.39, 0.29) is 29.2 Å². The lowest BCUT2D eigenvalue weighted by molar-refractivity contribution is -0.142. The minimum absolute atomic E-state index is 0.0788. The van der Waals surface area contributed by atoms with Crippen molar-refractivity contribution in [2.24, 2.45) is 10.1 Å². The first-order valence-electron chi connectivity index (χ1n) is 15.7. The van der Waals surface area contributed by atoms with Crippen LogP contribution in [0.3, 0.4) is 0 Å². The number of hydrogen-bond donors (Lipinski definition) is 1. The van der Waals surface area contributed by atoms with Gasteiger partial charge in [-0.2, -0.15) is 14.9 Å². The molecule has 1 saturated heterocycles. The third-order valence-corrected chi connectivity index (χ3v) is 8.34. The molecule has 1 unspecified atom stereocenters. The van der Waals surface area contributed by atoms with Crippen LogP contribution in [0.2, 0.25) is 0 Å². The molecule has 248 valence electrons. The molecule has 4 aromatic rings. The van der Waals surface area contributed by atoms with Crippen molar-refractivity contribution in [3.8, 4) is 5.69 Å². The van der Waals surface area contributed by atoms with Gasteiger partial charge in [-0.15, -0.1) is 0 Å². The third kappa shape index (κ3) is 6.86. The SMILES string of the molecule is CC(=O)OCc1c(C2C=NNC(=Nc3ccc(C(=O)N4CCOCC4)cn3)C2)cccc1-n1ncc2cc(C(C)(C)C)cc(F)c2c1=O. The zero-order valence-electron chi connectivity index (χ0n) is 27.2. The van der Waals surface area contributed by atoms with Gasteiger partial charge >= 0.3 is 5.97 Å². The average molecular weight is 654 g/mol. The van der Waals surface area contributed by atoms with Gasteiger partial charge in [-0.25, -0.2) is 14.4 Å². The van der Waals surface area contributed by atoms with Crippen molar-refractivity contribution in [3.63, 3.8) is 0 Å². The van der Waals surface area contributed by atoms with E-state index in [0.717, 1.165) is 15.8 Å². The number of pyridine rings is 1. The van der Waals surface area contributed by atoms with Crippen molar-refractivity contribution in [1.82, 2.24) is 25.1 Å². The van der Waals surface area contributed by atoms with E-state index in [2.05, 4.69) is 25.6 Å². The van der Waals surface area contributed by atoms with Crippen LogP contribution in [-0.4, -0.2) is 69.9 Å². The first-order chi connectivity index (χ1) is 23.0. The zero-order chi connectivity index (χ0) is 34.0. The number of hydrazone groups is 1. The van der Waals surface area contributed by atoms with Crippen LogP contribution in [0.1, 0.15) is 67.1 Å². The van der Waals surface area contributed by atoms with Crippen molar-refractivity contribution in [1.29, 1.82) is 0 Å². The molecule has 0 radical (unpaired) electrons. The molecule has 6 rings (SSSR count). The van der Waals surface area contributed by atoms with E-state index in [1.807, 2.05) is 26.8 Å². The highest BCUT2D eigenvalue weighted by Gasteiger charge is 2.25. The number of nitrogens with one attached hydrogen (secondary N) is 1. The maximum absolute atomic E-state index is 15.5. The Balaban J connectivity index is 1.32. The Morgan fingerprint density at radius 2 is 1.92 bits per heavy atom. The average Bonchev–Trinajstić information content (AvgIpc) is 3.07. The molecule has 1 atom stereocenters. The molecule has 2 aliphatic rings. The first kappa shape index (κ1) is 32.6. The highest BCUT2D eigenvalue weighted by atomic mass is 19.1. The van der Waals surface area contributed by atoms with Crippen molar-refractivity contribution < 1.29 is 23.5 Å². The number of carbonyl (C=O) groups is 2. The lowest BCUT2D eigenvalue weighted by Gasteiger charge is -2.26.